The molecule has 2 aliphatic heterocycles. The van der Waals surface area contributed by atoms with E-state index < -0.39 is 24.7 Å². The molecule has 1 atom stereocenters. The summed E-state index contributed by atoms with van der Waals surface area (Å²) in [7, 11) is 1.67. The summed E-state index contributed by atoms with van der Waals surface area (Å²) in [5.74, 6) is -1.23. The number of hydrogen-bond acceptors (Lipinski definition) is 5. The van der Waals surface area contributed by atoms with Crippen LogP contribution < -0.4 is 10.6 Å². The van der Waals surface area contributed by atoms with Gasteiger partial charge in [-0.2, -0.15) is 13.2 Å². The van der Waals surface area contributed by atoms with Gasteiger partial charge in [-0.1, -0.05) is 12.1 Å². The maximum atomic E-state index is 13.0. The van der Waals surface area contributed by atoms with E-state index in [1.807, 2.05) is 0 Å². The molecule has 0 saturated carbocycles. The summed E-state index contributed by atoms with van der Waals surface area (Å²) in [6.45, 7) is -0.274. The monoisotopic (exact) mass is 412 g/mol. The van der Waals surface area contributed by atoms with Crippen LogP contribution in [0.5, 0.6) is 0 Å². The maximum Gasteiger partial charge on any atom is 0.401 e. The Bertz CT molecular complexity index is 812. The number of halogens is 3. The average molecular weight is 412 g/mol. The third-order valence-corrected chi connectivity index (χ3v) is 5.15. The molecule has 0 aliphatic carbocycles. The number of carbonyl (C=O) groups excluding carboxylic acids is 3. The molecule has 1 saturated heterocycles. The van der Waals surface area contributed by atoms with E-state index in [2.05, 4.69) is 10.6 Å². The molecule has 0 aromatic heterocycles. The summed E-state index contributed by atoms with van der Waals surface area (Å²) in [5.41, 5.74) is 1.66. The standard InChI is InChI=1S/C19H23F3N4O3/c1-23-7-8-25(11-19(20,21)22)9-12-3-2-4-13-14(12)10-26(18(13)29)15-5-6-16(27)24-17(15)28/h2-4,15,23H,5-11H2,1H3,(H,24,27,28). The predicted molar refractivity (Wildman–Crippen MR) is 97.7 cm³/mol. The molecule has 0 spiro atoms. The molecule has 1 aromatic rings. The van der Waals surface area contributed by atoms with Crippen LogP contribution in [0.1, 0.15) is 34.3 Å². The van der Waals surface area contributed by atoms with Crippen molar-refractivity contribution in [1.29, 1.82) is 0 Å². The van der Waals surface area contributed by atoms with Crippen LogP contribution in [0.25, 0.3) is 0 Å². The molecule has 158 valence electrons. The molecule has 1 unspecified atom stereocenters. The van der Waals surface area contributed by atoms with Crippen LogP contribution in [0.3, 0.4) is 0 Å². The number of rotatable bonds is 7. The van der Waals surface area contributed by atoms with Gasteiger partial charge in [0.05, 0.1) is 6.54 Å². The molecule has 0 radical (unpaired) electrons. The zero-order valence-electron chi connectivity index (χ0n) is 16.0. The number of nitrogens with one attached hydrogen (secondary N) is 2. The lowest BCUT2D eigenvalue weighted by atomic mass is 10.0. The van der Waals surface area contributed by atoms with E-state index in [1.54, 1.807) is 25.2 Å². The van der Waals surface area contributed by atoms with Crippen LogP contribution in [-0.4, -0.2) is 66.4 Å². The van der Waals surface area contributed by atoms with Gasteiger partial charge in [-0.3, -0.25) is 24.6 Å². The molecule has 3 rings (SSSR count). The van der Waals surface area contributed by atoms with Crippen molar-refractivity contribution in [1.82, 2.24) is 20.4 Å². The summed E-state index contributed by atoms with van der Waals surface area (Å²) >= 11 is 0. The van der Waals surface area contributed by atoms with E-state index in [-0.39, 0.29) is 44.3 Å². The third kappa shape index (κ3) is 4.94. The van der Waals surface area contributed by atoms with Crippen molar-refractivity contribution >= 4 is 17.7 Å². The SMILES string of the molecule is CNCCN(Cc1cccc2c1CN(C1CCC(=O)NC1=O)C2=O)CC(F)(F)F. The van der Waals surface area contributed by atoms with Crippen molar-refractivity contribution in [2.45, 2.75) is 38.1 Å². The van der Waals surface area contributed by atoms with Gasteiger partial charge < -0.3 is 10.2 Å². The first kappa shape index (κ1) is 21.3. The topological polar surface area (TPSA) is 81.8 Å². The zero-order chi connectivity index (χ0) is 21.2. The molecule has 0 bridgehead atoms. The van der Waals surface area contributed by atoms with Crippen molar-refractivity contribution in [3.05, 3.63) is 34.9 Å². The summed E-state index contributed by atoms with van der Waals surface area (Å²) in [6, 6.07) is 4.22. The Labute approximate surface area is 166 Å². The van der Waals surface area contributed by atoms with Gasteiger partial charge in [0.1, 0.15) is 6.04 Å². The number of amides is 3. The number of hydrogen-bond donors (Lipinski definition) is 2. The number of alkyl halides is 3. The Morgan fingerprint density at radius 1 is 1.28 bits per heavy atom. The second-order valence-corrected chi connectivity index (χ2v) is 7.27. The van der Waals surface area contributed by atoms with Gasteiger partial charge in [0.2, 0.25) is 11.8 Å². The highest BCUT2D eigenvalue weighted by molar-refractivity contribution is 6.05. The highest BCUT2D eigenvalue weighted by Crippen LogP contribution is 2.30. The van der Waals surface area contributed by atoms with Gasteiger partial charge in [0.15, 0.2) is 0 Å². The molecule has 2 N–H and O–H groups in total. The Balaban J connectivity index is 1.80. The van der Waals surface area contributed by atoms with Crippen molar-refractivity contribution in [3.8, 4) is 0 Å². The quantitative estimate of drug-likeness (QED) is 0.654. The highest BCUT2D eigenvalue weighted by atomic mass is 19.4. The first-order chi connectivity index (χ1) is 13.7. The fourth-order valence-corrected chi connectivity index (χ4v) is 3.78. The molecule has 2 heterocycles. The van der Waals surface area contributed by atoms with Gasteiger partial charge in [0.25, 0.3) is 5.91 Å². The number of benzene rings is 1. The van der Waals surface area contributed by atoms with Crippen molar-refractivity contribution in [3.63, 3.8) is 0 Å². The largest absolute Gasteiger partial charge is 0.401 e. The second-order valence-electron chi connectivity index (χ2n) is 7.27. The van der Waals surface area contributed by atoms with E-state index in [1.165, 1.54) is 9.80 Å². The van der Waals surface area contributed by atoms with E-state index in [0.717, 1.165) is 0 Å². The third-order valence-electron chi connectivity index (χ3n) is 5.15. The van der Waals surface area contributed by atoms with Crippen LogP contribution in [0.4, 0.5) is 13.2 Å². The molecule has 1 fully saturated rings. The summed E-state index contributed by atoms with van der Waals surface area (Å²) in [4.78, 5) is 39.0. The van der Waals surface area contributed by atoms with Crippen LogP contribution >= 0.6 is 0 Å². The lowest BCUT2D eigenvalue weighted by Crippen LogP contribution is -2.52. The number of imide groups is 1. The van der Waals surface area contributed by atoms with E-state index >= 15 is 0 Å². The number of likely N-dealkylation sites (N-methyl/N-ethyl adjacent to an activating group) is 1. The zero-order valence-corrected chi connectivity index (χ0v) is 16.0. The van der Waals surface area contributed by atoms with Crippen molar-refractivity contribution in [2.75, 3.05) is 26.7 Å². The Kier molecular flexibility index (Phi) is 6.23. The van der Waals surface area contributed by atoms with Crippen LogP contribution in [0, 0.1) is 0 Å². The molecule has 10 heteroatoms. The minimum absolute atomic E-state index is 0.0425. The molecular weight excluding hydrogens is 389 g/mol. The van der Waals surface area contributed by atoms with Gasteiger partial charge in [0, 0.05) is 38.2 Å². The smallest absolute Gasteiger partial charge is 0.322 e. The molecule has 29 heavy (non-hydrogen) atoms. The fourth-order valence-electron chi connectivity index (χ4n) is 3.78. The normalized spacial score (nSPS) is 19.7. The lowest BCUT2D eigenvalue weighted by Gasteiger charge is -2.29. The maximum absolute atomic E-state index is 13.0. The van der Waals surface area contributed by atoms with Crippen molar-refractivity contribution < 1.29 is 27.6 Å². The Morgan fingerprint density at radius 3 is 2.69 bits per heavy atom. The Hall–Kier alpha value is -2.46. The van der Waals surface area contributed by atoms with Gasteiger partial charge in [-0.25, -0.2) is 0 Å². The highest BCUT2D eigenvalue weighted by Gasteiger charge is 2.40. The molecule has 7 nitrogen and oxygen atoms in total. The van der Waals surface area contributed by atoms with Crippen LogP contribution in [0.15, 0.2) is 18.2 Å². The van der Waals surface area contributed by atoms with Gasteiger partial charge >= 0.3 is 6.18 Å². The minimum Gasteiger partial charge on any atom is -0.322 e. The first-order valence-corrected chi connectivity index (χ1v) is 9.38. The summed E-state index contributed by atoms with van der Waals surface area (Å²) in [6.07, 6.45) is -3.95. The average Bonchev–Trinajstić information content (AvgIpc) is 2.96. The Morgan fingerprint density at radius 2 is 2.03 bits per heavy atom. The molecular formula is C19H23F3N4O3. The number of nitrogens with zero attached hydrogens (tertiary/aromatic N) is 2. The van der Waals surface area contributed by atoms with Gasteiger partial charge in [-0.05, 0) is 30.7 Å². The number of piperidine rings is 1. The van der Waals surface area contributed by atoms with Crippen molar-refractivity contribution in [2.24, 2.45) is 0 Å². The van der Waals surface area contributed by atoms with Gasteiger partial charge in [-0.15, -0.1) is 0 Å². The first-order valence-electron chi connectivity index (χ1n) is 9.38. The van der Waals surface area contributed by atoms with E-state index in [4.69, 9.17) is 0 Å². The van der Waals surface area contributed by atoms with E-state index in [0.29, 0.717) is 23.2 Å². The minimum atomic E-state index is -4.33. The summed E-state index contributed by atoms with van der Waals surface area (Å²) in [5, 5.41) is 5.08. The molecule has 3 amide bonds. The number of fused-ring (bicyclic) bond motifs is 1. The second kappa shape index (κ2) is 8.50. The molecule has 1 aromatic carbocycles. The fraction of sp³-hybridized carbons (Fsp3) is 0.526. The predicted octanol–water partition coefficient (Wildman–Crippen LogP) is 1.03. The summed E-state index contributed by atoms with van der Waals surface area (Å²) < 4.78 is 38.9. The van der Waals surface area contributed by atoms with Crippen LogP contribution in [-0.2, 0) is 22.7 Å². The lowest BCUT2D eigenvalue weighted by molar-refractivity contribution is -0.147. The van der Waals surface area contributed by atoms with E-state index in [9.17, 15) is 27.6 Å². The van der Waals surface area contributed by atoms with Crippen LogP contribution in [0.2, 0.25) is 0 Å². The number of carbonyl (C=O) groups is 3. The molecule has 2 aliphatic rings.